The lowest BCUT2D eigenvalue weighted by Gasteiger charge is -2.06. The summed E-state index contributed by atoms with van der Waals surface area (Å²) in [6.07, 6.45) is 15.4. The highest BCUT2D eigenvalue weighted by molar-refractivity contribution is 5.27. The second-order valence-corrected chi connectivity index (χ2v) is 6.33. The highest BCUT2D eigenvalue weighted by atomic mass is 16.5. The highest BCUT2D eigenvalue weighted by Gasteiger charge is 1.97. The molecule has 0 aliphatic carbocycles. The monoisotopic (exact) mass is 315 g/mol. The van der Waals surface area contributed by atoms with Crippen LogP contribution >= 0.6 is 0 Å². The summed E-state index contributed by atoms with van der Waals surface area (Å²) in [6, 6.07) is 10.4. The van der Waals surface area contributed by atoms with E-state index in [0.717, 1.165) is 12.2 Å². The number of ether oxygens (including phenoxy) is 1. The van der Waals surface area contributed by atoms with E-state index in [-0.39, 0.29) is 0 Å². The van der Waals surface area contributed by atoms with Crippen molar-refractivity contribution in [1.82, 2.24) is 0 Å². The number of nitriles is 1. The van der Waals surface area contributed by atoms with Crippen molar-refractivity contribution in [2.45, 2.75) is 84.0 Å². The number of hydrogen-bond donors (Lipinski definition) is 0. The third-order valence-electron chi connectivity index (χ3n) is 4.22. The molecule has 0 amide bonds. The van der Waals surface area contributed by atoms with Gasteiger partial charge in [-0.05, 0) is 30.5 Å². The highest BCUT2D eigenvalue weighted by Crippen LogP contribution is 2.15. The van der Waals surface area contributed by atoms with Gasteiger partial charge in [-0.2, -0.15) is 5.26 Å². The van der Waals surface area contributed by atoms with Gasteiger partial charge in [-0.15, -0.1) is 0 Å². The Labute approximate surface area is 142 Å². The zero-order chi connectivity index (χ0) is 16.6. The predicted molar refractivity (Wildman–Crippen MR) is 97.7 cm³/mol. The van der Waals surface area contributed by atoms with E-state index in [9.17, 15) is 0 Å². The zero-order valence-electron chi connectivity index (χ0n) is 14.9. The number of aryl methyl sites for hydroxylation is 1. The molecule has 2 nitrogen and oxygen atoms in total. The second kappa shape index (κ2) is 14.1. The molecule has 0 saturated carbocycles. The minimum atomic E-state index is 0.445. The van der Waals surface area contributed by atoms with Crippen LogP contribution in [0.3, 0.4) is 0 Å². The molecule has 0 spiro atoms. The van der Waals surface area contributed by atoms with E-state index in [1.165, 1.54) is 69.8 Å². The molecule has 23 heavy (non-hydrogen) atoms. The van der Waals surface area contributed by atoms with Crippen LogP contribution in [0.15, 0.2) is 24.3 Å². The maximum atomic E-state index is 8.48. The Bertz CT molecular complexity index is 418. The van der Waals surface area contributed by atoms with Crippen LogP contribution in [0.2, 0.25) is 0 Å². The first-order valence-corrected chi connectivity index (χ1v) is 9.45. The molecule has 1 aromatic rings. The van der Waals surface area contributed by atoms with Crippen molar-refractivity contribution in [3.8, 4) is 11.8 Å². The van der Waals surface area contributed by atoms with Crippen LogP contribution in [0.5, 0.6) is 5.75 Å². The van der Waals surface area contributed by atoms with Gasteiger partial charge in [0.25, 0.3) is 0 Å². The van der Waals surface area contributed by atoms with Gasteiger partial charge in [0.2, 0.25) is 0 Å². The number of benzene rings is 1. The largest absolute Gasteiger partial charge is 0.493 e. The third-order valence-corrected chi connectivity index (χ3v) is 4.22. The van der Waals surface area contributed by atoms with Crippen LogP contribution in [-0.2, 0) is 6.42 Å². The Kier molecular flexibility index (Phi) is 12.0. The molecule has 0 aliphatic heterocycles. The molecular formula is C21H33NO. The molecule has 128 valence electrons. The first-order chi connectivity index (χ1) is 11.4. The van der Waals surface area contributed by atoms with Crippen molar-refractivity contribution < 1.29 is 4.74 Å². The van der Waals surface area contributed by atoms with Crippen LogP contribution in [-0.4, -0.2) is 6.61 Å². The quantitative estimate of drug-likeness (QED) is 0.370. The Hall–Kier alpha value is -1.49. The summed E-state index contributed by atoms with van der Waals surface area (Å²) in [5.41, 5.74) is 1.39. The summed E-state index contributed by atoms with van der Waals surface area (Å²) < 4.78 is 5.48. The van der Waals surface area contributed by atoms with E-state index in [2.05, 4.69) is 25.1 Å². The molecule has 0 aromatic heterocycles. The standard InChI is InChI=1S/C21H33NO/c1-2-3-4-5-6-7-8-9-10-11-13-20-14-16-21(17-15-20)23-19-12-18-22/h14-17H,2-13,19H2,1H3. The molecule has 0 atom stereocenters. The molecule has 1 aromatic carbocycles. The van der Waals surface area contributed by atoms with Crippen molar-refractivity contribution in [2.24, 2.45) is 0 Å². The van der Waals surface area contributed by atoms with Gasteiger partial charge < -0.3 is 4.74 Å². The van der Waals surface area contributed by atoms with Gasteiger partial charge in [0.05, 0.1) is 12.5 Å². The van der Waals surface area contributed by atoms with Gasteiger partial charge in [0.15, 0.2) is 0 Å². The summed E-state index contributed by atoms with van der Waals surface area (Å²) >= 11 is 0. The average Bonchev–Trinajstić information content (AvgIpc) is 2.58. The minimum Gasteiger partial charge on any atom is -0.493 e. The molecule has 0 radical (unpaired) electrons. The molecule has 0 unspecified atom stereocenters. The van der Waals surface area contributed by atoms with E-state index < -0.39 is 0 Å². The lowest BCUT2D eigenvalue weighted by molar-refractivity contribution is 0.326. The number of rotatable bonds is 14. The summed E-state index contributed by atoms with van der Waals surface area (Å²) in [7, 11) is 0. The van der Waals surface area contributed by atoms with Gasteiger partial charge in [-0.1, -0.05) is 76.8 Å². The minimum absolute atomic E-state index is 0.445. The summed E-state index contributed by atoms with van der Waals surface area (Å²) in [5.74, 6) is 0.868. The molecule has 2 heteroatoms. The van der Waals surface area contributed by atoms with E-state index >= 15 is 0 Å². The van der Waals surface area contributed by atoms with E-state index in [1.807, 2.05) is 12.1 Å². The second-order valence-electron chi connectivity index (χ2n) is 6.33. The maximum absolute atomic E-state index is 8.48. The lowest BCUT2D eigenvalue weighted by atomic mass is 10.0. The van der Waals surface area contributed by atoms with Crippen LogP contribution in [0.25, 0.3) is 0 Å². The van der Waals surface area contributed by atoms with Crippen molar-refractivity contribution >= 4 is 0 Å². The smallest absolute Gasteiger partial charge is 0.119 e. The average molecular weight is 316 g/mol. The van der Waals surface area contributed by atoms with E-state index in [0.29, 0.717) is 13.0 Å². The normalized spacial score (nSPS) is 10.4. The van der Waals surface area contributed by atoms with E-state index in [1.54, 1.807) is 0 Å². The fourth-order valence-electron chi connectivity index (χ4n) is 2.78. The SMILES string of the molecule is CCCCCCCCCCCCc1ccc(OCCC#N)cc1. The van der Waals surface area contributed by atoms with Crippen LogP contribution in [0.4, 0.5) is 0 Å². The maximum Gasteiger partial charge on any atom is 0.119 e. The van der Waals surface area contributed by atoms with E-state index in [4.69, 9.17) is 10.00 Å². The van der Waals surface area contributed by atoms with Crippen LogP contribution < -0.4 is 4.74 Å². The number of nitrogens with zero attached hydrogens (tertiary/aromatic N) is 1. The van der Waals surface area contributed by atoms with Crippen LogP contribution in [0.1, 0.15) is 83.1 Å². The first kappa shape index (κ1) is 19.6. The Morgan fingerprint density at radius 2 is 1.39 bits per heavy atom. The van der Waals surface area contributed by atoms with Crippen molar-refractivity contribution in [3.05, 3.63) is 29.8 Å². The molecule has 0 N–H and O–H groups in total. The fourth-order valence-corrected chi connectivity index (χ4v) is 2.78. The predicted octanol–water partition coefficient (Wildman–Crippen LogP) is 6.44. The van der Waals surface area contributed by atoms with Gasteiger partial charge >= 0.3 is 0 Å². The molecule has 0 saturated heterocycles. The third kappa shape index (κ3) is 10.8. The Morgan fingerprint density at radius 1 is 0.826 bits per heavy atom. The summed E-state index contributed by atoms with van der Waals surface area (Å²) in [5, 5.41) is 8.48. The van der Waals surface area contributed by atoms with Gasteiger partial charge in [-0.3, -0.25) is 0 Å². The zero-order valence-corrected chi connectivity index (χ0v) is 14.9. The summed E-state index contributed by atoms with van der Waals surface area (Å²) in [6.45, 7) is 2.75. The molecule has 0 bridgehead atoms. The molecule has 0 fully saturated rings. The number of hydrogen-bond acceptors (Lipinski definition) is 2. The van der Waals surface area contributed by atoms with Gasteiger partial charge in [0.1, 0.15) is 12.4 Å². The van der Waals surface area contributed by atoms with Gasteiger partial charge in [0, 0.05) is 0 Å². The van der Waals surface area contributed by atoms with Crippen molar-refractivity contribution in [3.63, 3.8) is 0 Å². The topological polar surface area (TPSA) is 33.0 Å². The Morgan fingerprint density at radius 3 is 1.96 bits per heavy atom. The Balaban J connectivity index is 1.98. The number of unbranched alkanes of at least 4 members (excludes halogenated alkanes) is 9. The molecule has 0 aliphatic rings. The van der Waals surface area contributed by atoms with Crippen molar-refractivity contribution in [1.29, 1.82) is 5.26 Å². The molecule has 1 rings (SSSR count). The summed E-state index contributed by atoms with van der Waals surface area (Å²) in [4.78, 5) is 0. The molecule has 0 heterocycles. The molecular weight excluding hydrogens is 282 g/mol. The lowest BCUT2D eigenvalue weighted by Crippen LogP contribution is -1.95. The van der Waals surface area contributed by atoms with Gasteiger partial charge in [-0.25, -0.2) is 0 Å². The van der Waals surface area contributed by atoms with Crippen LogP contribution in [0, 0.1) is 11.3 Å². The van der Waals surface area contributed by atoms with Crippen molar-refractivity contribution in [2.75, 3.05) is 6.61 Å². The first-order valence-electron chi connectivity index (χ1n) is 9.45. The fraction of sp³-hybridized carbons (Fsp3) is 0.667.